The van der Waals surface area contributed by atoms with Crippen LogP contribution in [0.25, 0.3) is 0 Å². The number of halogens is 3. The zero-order valence-corrected chi connectivity index (χ0v) is 17.2. The molecule has 4 rings (SSSR count). The Morgan fingerprint density at radius 2 is 2.03 bits per heavy atom. The number of rotatable bonds is 5. The van der Waals surface area contributed by atoms with Crippen LogP contribution in [0.5, 0.6) is 0 Å². The maximum Gasteiger partial charge on any atom is 0.522 e. The molecule has 1 aliphatic carbocycles. The van der Waals surface area contributed by atoms with E-state index in [2.05, 4.69) is 15.0 Å². The number of ether oxygens (including phenoxy) is 1. The van der Waals surface area contributed by atoms with Gasteiger partial charge in [0.25, 0.3) is 5.91 Å². The van der Waals surface area contributed by atoms with Gasteiger partial charge in [-0.1, -0.05) is 19.3 Å². The fourth-order valence-electron chi connectivity index (χ4n) is 4.48. The summed E-state index contributed by atoms with van der Waals surface area (Å²) in [5.41, 5.74) is 1.64. The summed E-state index contributed by atoms with van der Waals surface area (Å²) in [5.74, 6) is 0.649. The summed E-state index contributed by atoms with van der Waals surface area (Å²) >= 11 is 0. The van der Waals surface area contributed by atoms with Crippen molar-refractivity contribution in [1.82, 2.24) is 4.90 Å². The Morgan fingerprint density at radius 3 is 2.74 bits per heavy atom. The second kappa shape index (κ2) is 8.49. The second-order valence-electron chi connectivity index (χ2n) is 8.16. The number of amidine groups is 1. The standard InChI is InChI=1S/C21H25F3N4O3/c1-27(9-10-31-21(22,23)24)20(30)14-7-8-15-16(11-14)28-17(19(29)26-15)12-25-18(28)13-5-3-2-4-6-13/h7-8,11,13,17H,2-6,9-10,12H2,1H3,(H,26,29). The Balaban J connectivity index is 1.55. The minimum absolute atomic E-state index is 0.123. The molecule has 0 bridgehead atoms. The topological polar surface area (TPSA) is 74.2 Å². The van der Waals surface area contributed by atoms with Crippen molar-refractivity contribution in [2.24, 2.45) is 10.9 Å². The summed E-state index contributed by atoms with van der Waals surface area (Å²) in [6, 6.07) is 4.48. The van der Waals surface area contributed by atoms with Gasteiger partial charge in [-0.25, -0.2) is 0 Å². The monoisotopic (exact) mass is 438 g/mol. The first kappa shape index (κ1) is 21.6. The highest BCUT2D eigenvalue weighted by Gasteiger charge is 2.42. The summed E-state index contributed by atoms with van der Waals surface area (Å²) in [4.78, 5) is 33.2. The van der Waals surface area contributed by atoms with E-state index in [-0.39, 0.29) is 12.5 Å². The molecule has 2 heterocycles. The molecule has 1 saturated carbocycles. The van der Waals surface area contributed by atoms with Crippen molar-refractivity contribution in [2.75, 3.05) is 37.0 Å². The first-order valence-corrected chi connectivity index (χ1v) is 10.5. The Labute approximate surface area is 178 Å². The Morgan fingerprint density at radius 1 is 1.29 bits per heavy atom. The predicted octanol–water partition coefficient (Wildman–Crippen LogP) is 3.41. The van der Waals surface area contributed by atoms with Gasteiger partial charge in [-0.15, -0.1) is 13.2 Å². The van der Waals surface area contributed by atoms with E-state index < -0.39 is 24.9 Å². The van der Waals surface area contributed by atoms with Crippen molar-refractivity contribution in [3.8, 4) is 0 Å². The predicted molar refractivity (Wildman–Crippen MR) is 109 cm³/mol. The minimum atomic E-state index is -4.73. The molecule has 7 nitrogen and oxygen atoms in total. The molecule has 1 aromatic carbocycles. The molecule has 1 atom stereocenters. The van der Waals surface area contributed by atoms with Crippen LogP contribution in [0.3, 0.4) is 0 Å². The Kier molecular flexibility index (Phi) is 5.92. The van der Waals surface area contributed by atoms with E-state index in [0.717, 1.165) is 31.5 Å². The van der Waals surface area contributed by atoms with E-state index in [0.29, 0.717) is 29.4 Å². The molecule has 10 heteroatoms. The normalized spacial score (nSPS) is 21.3. The Hall–Kier alpha value is -2.62. The average Bonchev–Trinajstić information content (AvgIpc) is 3.19. The number of hydrogen-bond acceptors (Lipinski definition) is 5. The van der Waals surface area contributed by atoms with Crippen LogP contribution in [0, 0.1) is 5.92 Å². The van der Waals surface area contributed by atoms with Gasteiger partial charge in [-0.3, -0.25) is 19.3 Å². The highest BCUT2D eigenvalue weighted by Crippen LogP contribution is 2.39. The molecule has 168 valence electrons. The van der Waals surface area contributed by atoms with Crippen LogP contribution in [0.4, 0.5) is 24.5 Å². The molecule has 0 radical (unpaired) electrons. The lowest BCUT2D eigenvalue weighted by Gasteiger charge is -2.37. The van der Waals surface area contributed by atoms with Crippen molar-refractivity contribution in [1.29, 1.82) is 0 Å². The zero-order valence-electron chi connectivity index (χ0n) is 17.2. The van der Waals surface area contributed by atoms with Crippen LogP contribution >= 0.6 is 0 Å². The van der Waals surface area contributed by atoms with Crippen LogP contribution in [0.2, 0.25) is 0 Å². The van der Waals surface area contributed by atoms with Crippen molar-refractivity contribution in [3.05, 3.63) is 23.8 Å². The van der Waals surface area contributed by atoms with Crippen LogP contribution in [0.1, 0.15) is 42.5 Å². The number of likely N-dealkylation sites (N-methyl/N-ethyl adjacent to an activating group) is 1. The first-order valence-electron chi connectivity index (χ1n) is 10.5. The first-order chi connectivity index (χ1) is 14.7. The van der Waals surface area contributed by atoms with E-state index in [9.17, 15) is 22.8 Å². The lowest BCUT2D eigenvalue weighted by molar-refractivity contribution is -0.324. The van der Waals surface area contributed by atoms with E-state index in [1.807, 2.05) is 4.90 Å². The number of benzene rings is 1. The lowest BCUT2D eigenvalue weighted by atomic mass is 9.87. The van der Waals surface area contributed by atoms with Crippen LogP contribution in [-0.2, 0) is 9.53 Å². The number of carbonyl (C=O) groups is 2. The molecule has 2 amide bonds. The Bertz CT molecular complexity index is 896. The molecule has 1 fully saturated rings. The number of nitrogens with zero attached hydrogens (tertiary/aromatic N) is 3. The van der Waals surface area contributed by atoms with Crippen LogP contribution in [-0.4, -0.2) is 61.7 Å². The highest BCUT2D eigenvalue weighted by atomic mass is 19.4. The molecular weight excluding hydrogens is 413 g/mol. The van der Waals surface area contributed by atoms with Gasteiger partial charge in [0.15, 0.2) is 0 Å². The molecule has 31 heavy (non-hydrogen) atoms. The van der Waals surface area contributed by atoms with Crippen molar-refractivity contribution in [2.45, 2.75) is 44.5 Å². The molecule has 1 N–H and O–H groups in total. The van der Waals surface area contributed by atoms with Crippen LogP contribution < -0.4 is 10.2 Å². The third kappa shape index (κ3) is 4.53. The van der Waals surface area contributed by atoms with Crippen molar-refractivity contribution >= 4 is 29.0 Å². The average molecular weight is 438 g/mol. The number of hydrogen-bond donors (Lipinski definition) is 1. The highest BCUT2D eigenvalue weighted by molar-refractivity contribution is 6.16. The zero-order chi connectivity index (χ0) is 22.2. The fourth-order valence-corrected chi connectivity index (χ4v) is 4.48. The van der Waals surface area contributed by atoms with Gasteiger partial charge < -0.3 is 15.1 Å². The van der Waals surface area contributed by atoms with E-state index in [4.69, 9.17) is 0 Å². The largest absolute Gasteiger partial charge is 0.522 e. The number of amides is 2. The molecule has 2 aliphatic heterocycles. The molecule has 0 saturated heterocycles. The number of alkyl halides is 3. The summed E-state index contributed by atoms with van der Waals surface area (Å²) in [6.07, 6.45) is 0.787. The minimum Gasteiger partial charge on any atom is -0.339 e. The molecule has 1 aromatic rings. The number of aliphatic imine (C=N–C) groups is 1. The van der Waals surface area contributed by atoms with Crippen LogP contribution in [0.15, 0.2) is 23.2 Å². The molecule has 0 spiro atoms. The molecule has 1 unspecified atom stereocenters. The fraction of sp³-hybridized carbons (Fsp3) is 0.571. The van der Waals surface area contributed by atoms with Gasteiger partial charge in [0.2, 0.25) is 5.91 Å². The van der Waals surface area contributed by atoms with Gasteiger partial charge in [-0.2, -0.15) is 0 Å². The van der Waals surface area contributed by atoms with Gasteiger partial charge in [0.05, 0.1) is 24.5 Å². The molecule has 0 aromatic heterocycles. The maximum absolute atomic E-state index is 12.8. The van der Waals surface area contributed by atoms with Gasteiger partial charge in [0.1, 0.15) is 11.9 Å². The van der Waals surface area contributed by atoms with E-state index in [1.165, 1.54) is 18.4 Å². The maximum atomic E-state index is 12.8. The quantitative estimate of drug-likeness (QED) is 0.765. The van der Waals surface area contributed by atoms with Gasteiger partial charge in [0, 0.05) is 25.1 Å². The van der Waals surface area contributed by atoms with Crippen molar-refractivity contribution in [3.63, 3.8) is 0 Å². The summed E-state index contributed by atoms with van der Waals surface area (Å²) < 4.78 is 40.3. The summed E-state index contributed by atoms with van der Waals surface area (Å²) in [5, 5.41) is 2.88. The number of nitrogens with one attached hydrogen (secondary N) is 1. The number of carbonyl (C=O) groups excluding carboxylic acids is 2. The smallest absolute Gasteiger partial charge is 0.339 e. The number of anilines is 2. The van der Waals surface area contributed by atoms with E-state index in [1.54, 1.807) is 18.2 Å². The SMILES string of the molecule is CN(CCOC(F)(F)F)C(=O)c1ccc2c(c1)N1C(C3CCCCC3)=NCC1C(=O)N2. The second-order valence-corrected chi connectivity index (χ2v) is 8.16. The third-order valence-electron chi connectivity index (χ3n) is 6.06. The lowest BCUT2D eigenvalue weighted by Crippen LogP contribution is -2.50. The van der Waals surface area contributed by atoms with E-state index >= 15 is 0 Å². The van der Waals surface area contributed by atoms with Gasteiger partial charge >= 0.3 is 6.36 Å². The summed E-state index contributed by atoms with van der Waals surface area (Å²) in [6.45, 7) is -0.462. The summed E-state index contributed by atoms with van der Waals surface area (Å²) in [7, 11) is 1.43. The van der Waals surface area contributed by atoms with Crippen molar-refractivity contribution < 1.29 is 27.5 Å². The molecule has 3 aliphatic rings. The molecular formula is C21H25F3N4O3. The third-order valence-corrected chi connectivity index (χ3v) is 6.06. The van der Waals surface area contributed by atoms with Gasteiger partial charge in [-0.05, 0) is 31.0 Å². The number of fused-ring (bicyclic) bond motifs is 3.